The molecule has 0 unspecified atom stereocenters. The molecule has 0 N–H and O–H groups in total. The molecule has 1 spiro atoms. The van der Waals surface area contributed by atoms with E-state index < -0.39 is 0 Å². The van der Waals surface area contributed by atoms with E-state index in [0.717, 1.165) is 45.4 Å². The topological polar surface area (TPSA) is 40.6 Å². The minimum Gasteiger partial charge on any atom is -0.343 e. The second-order valence-electron chi connectivity index (χ2n) is 8.83. The van der Waals surface area contributed by atoms with Crippen molar-refractivity contribution in [3.05, 3.63) is 0 Å². The summed E-state index contributed by atoms with van der Waals surface area (Å²) in [5.41, 5.74) is 0.480. The Hall–Kier alpha value is -1.06. The first-order chi connectivity index (χ1) is 11.7. The second kappa shape index (κ2) is 6.68. The lowest BCUT2D eigenvalue weighted by molar-refractivity contribution is -0.136. The standard InChI is InChI=1S/C20H32N2O2/c23-18(21-11-1-2-12-21)15-16-5-7-20(8-6-16)9-13-22(14-10-20)19(24)17-3-4-17/h16-17H,1-15H2. The molecule has 4 rings (SSSR count). The monoisotopic (exact) mass is 332 g/mol. The van der Waals surface area contributed by atoms with Crippen LogP contribution in [0.15, 0.2) is 0 Å². The third-order valence-corrected chi connectivity index (χ3v) is 7.15. The zero-order valence-electron chi connectivity index (χ0n) is 15.0. The third kappa shape index (κ3) is 3.48. The quantitative estimate of drug-likeness (QED) is 0.796. The van der Waals surface area contributed by atoms with Gasteiger partial charge in [0, 0.05) is 38.5 Å². The van der Waals surface area contributed by atoms with Gasteiger partial charge < -0.3 is 9.80 Å². The first-order valence-electron chi connectivity index (χ1n) is 10.2. The van der Waals surface area contributed by atoms with Crippen LogP contribution in [0.3, 0.4) is 0 Å². The normalized spacial score (nSPS) is 27.7. The van der Waals surface area contributed by atoms with E-state index in [4.69, 9.17) is 0 Å². The van der Waals surface area contributed by atoms with Gasteiger partial charge in [0.05, 0.1) is 0 Å². The van der Waals surface area contributed by atoms with Gasteiger partial charge in [0.2, 0.25) is 11.8 Å². The summed E-state index contributed by atoms with van der Waals surface area (Å²) in [6.45, 7) is 3.93. The van der Waals surface area contributed by atoms with Crippen LogP contribution in [-0.4, -0.2) is 47.8 Å². The SMILES string of the molecule is O=C(CC1CCC2(CC1)CCN(C(=O)C1CC1)CC2)N1CCCC1. The molecule has 0 aromatic heterocycles. The van der Waals surface area contributed by atoms with Crippen LogP contribution in [0.1, 0.15) is 70.6 Å². The molecule has 0 radical (unpaired) electrons. The average molecular weight is 332 g/mol. The van der Waals surface area contributed by atoms with E-state index in [-0.39, 0.29) is 0 Å². The molecule has 0 aromatic carbocycles. The van der Waals surface area contributed by atoms with Crippen molar-refractivity contribution in [2.24, 2.45) is 17.3 Å². The largest absolute Gasteiger partial charge is 0.343 e. The average Bonchev–Trinajstić information content (AvgIpc) is 3.31. The molecule has 4 aliphatic rings. The molecular weight excluding hydrogens is 300 g/mol. The van der Waals surface area contributed by atoms with E-state index in [0.29, 0.717) is 29.1 Å². The van der Waals surface area contributed by atoms with E-state index in [1.807, 2.05) is 0 Å². The fraction of sp³-hybridized carbons (Fsp3) is 0.900. The van der Waals surface area contributed by atoms with Gasteiger partial charge in [0.15, 0.2) is 0 Å². The van der Waals surface area contributed by atoms with Crippen molar-refractivity contribution in [2.75, 3.05) is 26.2 Å². The fourth-order valence-electron chi connectivity index (χ4n) is 5.13. The van der Waals surface area contributed by atoms with Gasteiger partial charge in [-0.05, 0) is 75.5 Å². The molecule has 134 valence electrons. The molecule has 2 saturated carbocycles. The van der Waals surface area contributed by atoms with Gasteiger partial charge in [-0.2, -0.15) is 0 Å². The number of hydrogen-bond acceptors (Lipinski definition) is 2. The predicted octanol–water partition coefficient (Wildman–Crippen LogP) is 3.21. The lowest BCUT2D eigenvalue weighted by Crippen LogP contribution is -2.45. The number of nitrogens with zero attached hydrogens (tertiary/aromatic N) is 2. The Morgan fingerprint density at radius 3 is 2.00 bits per heavy atom. The number of carbonyl (C=O) groups excluding carboxylic acids is 2. The molecule has 4 fully saturated rings. The molecule has 24 heavy (non-hydrogen) atoms. The summed E-state index contributed by atoms with van der Waals surface area (Å²) in [6.07, 6.45) is 12.8. The lowest BCUT2D eigenvalue weighted by Gasteiger charge is -2.46. The highest BCUT2D eigenvalue weighted by Gasteiger charge is 2.41. The fourth-order valence-corrected chi connectivity index (χ4v) is 5.13. The summed E-state index contributed by atoms with van der Waals surface area (Å²) in [7, 11) is 0. The van der Waals surface area contributed by atoms with E-state index in [9.17, 15) is 9.59 Å². The van der Waals surface area contributed by atoms with Crippen LogP contribution in [0.5, 0.6) is 0 Å². The Morgan fingerprint density at radius 2 is 1.42 bits per heavy atom. The number of carbonyl (C=O) groups is 2. The summed E-state index contributed by atoms with van der Waals surface area (Å²) in [4.78, 5) is 28.8. The molecule has 2 aliphatic carbocycles. The Labute approximate surface area is 145 Å². The minimum atomic E-state index is 0.367. The molecule has 0 atom stereocenters. The predicted molar refractivity (Wildman–Crippen MR) is 93.4 cm³/mol. The number of amides is 2. The van der Waals surface area contributed by atoms with Gasteiger partial charge in [0.25, 0.3) is 0 Å². The molecular formula is C20H32N2O2. The van der Waals surface area contributed by atoms with Crippen LogP contribution >= 0.6 is 0 Å². The Balaban J connectivity index is 1.22. The minimum absolute atomic E-state index is 0.367. The first-order valence-corrected chi connectivity index (χ1v) is 10.2. The second-order valence-corrected chi connectivity index (χ2v) is 8.83. The maximum absolute atomic E-state index is 12.4. The number of rotatable bonds is 3. The Morgan fingerprint density at radius 1 is 0.792 bits per heavy atom. The van der Waals surface area contributed by atoms with Crippen molar-refractivity contribution in [1.29, 1.82) is 0 Å². The third-order valence-electron chi connectivity index (χ3n) is 7.15. The lowest BCUT2D eigenvalue weighted by atomic mass is 9.65. The summed E-state index contributed by atoms with van der Waals surface area (Å²) in [6, 6.07) is 0. The highest BCUT2D eigenvalue weighted by atomic mass is 16.2. The smallest absolute Gasteiger partial charge is 0.225 e. The molecule has 4 nitrogen and oxygen atoms in total. The van der Waals surface area contributed by atoms with Crippen LogP contribution in [0.4, 0.5) is 0 Å². The van der Waals surface area contributed by atoms with Crippen LogP contribution in [0, 0.1) is 17.3 Å². The van der Waals surface area contributed by atoms with Crippen molar-refractivity contribution >= 4 is 11.8 Å². The van der Waals surface area contributed by atoms with E-state index in [1.54, 1.807) is 0 Å². The highest BCUT2D eigenvalue weighted by molar-refractivity contribution is 5.81. The zero-order valence-corrected chi connectivity index (χ0v) is 15.0. The molecule has 0 aromatic rings. The Kier molecular flexibility index (Phi) is 4.57. The van der Waals surface area contributed by atoms with E-state index in [1.165, 1.54) is 51.4 Å². The number of hydrogen-bond donors (Lipinski definition) is 0. The highest BCUT2D eigenvalue weighted by Crippen LogP contribution is 2.47. The summed E-state index contributed by atoms with van der Waals surface area (Å²) >= 11 is 0. The molecule has 2 aliphatic heterocycles. The van der Waals surface area contributed by atoms with Crippen LogP contribution in [0.25, 0.3) is 0 Å². The maximum atomic E-state index is 12.4. The summed E-state index contributed by atoms with van der Waals surface area (Å²) < 4.78 is 0. The summed E-state index contributed by atoms with van der Waals surface area (Å²) in [5.74, 6) is 1.80. The van der Waals surface area contributed by atoms with Gasteiger partial charge >= 0.3 is 0 Å². The zero-order chi connectivity index (χ0) is 16.6. The summed E-state index contributed by atoms with van der Waals surface area (Å²) in [5, 5.41) is 0. The van der Waals surface area contributed by atoms with Gasteiger partial charge in [-0.3, -0.25) is 9.59 Å². The van der Waals surface area contributed by atoms with Gasteiger partial charge in [-0.15, -0.1) is 0 Å². The van der Waals surface area contributed by atoms with Crippen molar-refractivity contribution in [3.8, 4) is 0 Å². The van der Waals surface area contributed by atoms with Gasteiger partial charge in [-0.1, -0.05) is 0 Å². The number of piperidine rings is 1. The van der Waals surface area contributed by atoms with Gasteiger partial charge in [-0.25, -0.2) is 0 Å². The van der Waals surface area contributed by atoms with Crippen LogP contribution in [0.2, 0.25) is 0 Å². The van der Waals surface area contributed by atoms with Crippen LogP contribution in [-0.2, 0) is 9.59 Å². The molecule has 2 heterocycles. The Bertz CT molecular complexity index is 476. The van der Waals surface area contributed by atoms with E-state index in [2.05, 4.69) is 9.80 Å². The molecule has 2 amide bonds. The first kappa shape index (κ1) is 16.4. The van der Waals surface area contributed by atoms with Crippen molar-refractivity contribution in [3.63, 3.8) is 0 Å². The molecule has 2 saturated heterocycles. The van der Waals surface area contributed by atoms with Gasteiger partial charge in [0.1, 0.15) is 0 Å². The van der Waals surface area contributed by atoms with Crippen molar-refractivity contribution in [1.82, 2.24) is 9.80 Å². The number of likely N-dealkylation sites (tertiary alicyclic amines) is 2. The van der Waals surface area contributed by atoms with Crippen LogP contribution < -0.4 is 0 Å². The molecule has 0 bridgehead atoms. The molecule has 4 heteroatoms. The van der Waals surface area contributed by atoms with Crippen molar-refractivity contribution in [2.45, 2.75) is 70.6 Å². The van der Waals surface area contributed by atoms with E-state index >= 15 is 0 Å². The maximum Gasteiger partial charge on any atom is 0.225 e. The van der Waals surface area contributed by atoms with Crippen molar-refractivity contribution < 1.29 is 9.59 Å².